The van der Waals surface area contributed by atoms with Crippen LogP contribution in [0.25, 0.3) is 0 Å². The molecule has 0 bridgehead atoms. The molecule has 0 unspecified atom stereocenters. The van der Waals surface area contributed by atoms with Crippen molar-refractivity contribution in [2.75, 3.05) is 0 Å². The highest BCUT2D eigenvalue weighted by Crippen LogP contribution is 2.30. The minimum Gasteiger partial charge on any atom is -0.335 e. The van der Waals surface area contributed by atoms with E-state index in [-0.39, 0.29) is 10.6 Å². The van der Waals surface area contributed by atoms with Crippen LogP contribution in [0.15, 0.2) is 17.6 Å². The number of hydrogen-bond donors (Lipinski definition) is 2. The standard InChI is InChI=1S/C9H15N3O2S/c1-9(4-2-3-5-9)12-15(13,14)8-6-10-7-11-8/h6-7,12H,2-5H2,1H3,(H,10,11). The van der Waals surface area contributed by atoms with Crippen molar-refractivity contribution in [3.8, 4) is 0 Å². The second-order valence-electron chi connectivity index (χ2n) is 4.29. The molecule has 1 aliphatic carbocycles. The van der Waals surface area contributed by atoms with Crippen molar-refractivity contribution in [3.05, 3.63) is 12.5 Å². The van der Waals surface area contributed by atoms with Crippen LogP contribution in [0.4, 0.5) is 0 Å². The normalized spacial score (nSPS) is 20.6. The van der Waals surface area contributed by atoms with Crippen molar-refractivity contribution in [2.45, 2.75) is 43.2 Å². The number of nitrogens with one attached hydrogen (secondary N) is 2. The molecule has 2 N–H and O–H groups in total. The maximum atomic E-state index is 11.9. The van der Waals surface area contributed by atoms with Gasteiger partial charge in [0.2, 0.25) is 0 Å². The lowest BCUT2D eigenvalue weighted by Gasteiger charge is -2.24. The van der Waals surface area contributed by atoms with Gasteiger partial charge in [0, 0.05) is 5.54 Å². The van der Waals surface area contributed by atoms with E-state index >= 15 is 0 Å². The number of aromatic nitrogens is 2. The summed E-state index contributed by atoms with van der Waals surface area (Å²) in [7, 11) is -3.43. The molecule has 0 aromatic carbocycles. The maximum absolute atomic E-state index is 11.9. The fraction of sp³-hybridized carbons (Fsp3) is 0.667. The van der Waals surface area contributed by atoms with E-state index < -0.39 is 10.0 Å². The highest BCUT2D eigenvalue weighted by atomic mass is 32.2. The van der Waals surface area contributed by atoms with Gasteiger partial charge in [-0.05, 0) is 19.8 Å². The molecule has 0 atom stereocenters. The Balaban J connectivity index is 2.18. The predicted octanol–water partition coefficient (Wildman–Crippen LogP) is 1.02. The molecule has 0 radical (unpaired) electrons. The lowest BCUT2D eigenvalue weighted by molar-refractivity contribution is 0.427. The molecule has 1 heterocycles. The third kappa shape index (κ3) is 2.21. The van der Waals surface area contributed by atoms with Gasteiger partial charge in [0.15, 0.2) is 5.03 Å². The molecule has 2 rings (SSSR count). The fourth-order valence-electron chi connectivity index (χ4n) is 2.03. The highest BCUT2D eigenvalue weighted by molar-refractivity contribution is 7.89. The van der Waals surface area contributed by atoms with Gasteiger partial charge in [-0.2, -0.15) is 0 Å². The first-order valence-corrected chi connectivity index (χ1v) is 6.53. The molecule has 1 saturated carbocycles. The first-order chi connectivity index (χ1) is 7.02. The zero-order chi connectivity index (χ0) is 10.9. The summed E-state index contributed by atoms with van der Waals surface area (Å²) in [6, 6.07) is 0. The van der Waals surface area contributed by atoms with Gasteiger partial charge >= 0.3 is 0 Å². The molecule has 5 nitrogen and oxygen atoms in total. The summed E-state index contributed by atoms with van der Waals surface area (Å²) in [4.78, 5) is 6.32. The Morgan fingerprint density at radius 2 is 2.13 bits per heavy atom. The monoisotopic (exact) mass is 229 g/mol. The van der Waals surface area contributed by atoms with Crippen molar-refractivity contribution >= 4 is 10.0 Å². The van der Waals surface area contributed by atoms with Gasteiger partial charge in [-0.3, -0.25) is 0 Å². The van der Waals surface area contributed by atoms with E-state index in [4.69, 9.17) is 0 Å². The van der Waals surface area contributed by atoms with E-state index in [9.17, 15) is 8.42 Å². The number of hydrogen-bond acceptors (Lipinski definition) is 3. The van der Waals surface area contributed by atoms with Crippen LogP contribution in [-0.4, -0.2) is 23.9 Å². The van der Waals surface area contributed by atoms with Gasteiger partial charge < -0.3 is 4.98 Å². The van der Waals surface area contributed by atoms with E-state index in [0.717, 1.165) is 25.7 Å². The van der Waals surface area contributed by atoms with Crippen molar-refractivity contribution in [2.24, 2.45) is 0 Å². The molecule has 1 aromatic heterocycles. The predicted molar refractivity (Wildman–Crippen MR) is 55.8 cm³/mol. The Bertz CT molecular complexity index is 418. The summed E-state index contributed by atoms with van der Waals surface area (Å²) in [5.74, 6) is 0. The topological polar surface area (TPSA) is 74.8 Å². The van der Waals surface area contributed by atoms with Crippen LogP contribution in [0.3, 0.4) is 0 Å². The maximum Gasteiger partial charge on any atom is 0.258 e. The molecule has 0 saturated heterocycles. The largest absolute Gasteiger partial charge is 0.335 e. The van der Waals surface area contributed by atoms with Crippen LogP contribution in [0, 0.1) is 0 Å². The quantitative estimate of drug-likeness (QED) is 0.812. The summed E-state index contributed by atoms with van der Waals surface area (Å²) < 4.78 is 26.5. The zero-order valence-electron chi connectivity index (χ0n) is 8.66. The number of imidazole rings is 1. The molecule has 0 amide bonds. The molecule has 15 heavy (non-hydrogen) atoms. The minimum absolute atomic E-state index is 0.135. The first-order valence-electron chi connectivity index (χ1n) is 5.04. The number of aromatic amines is 1. The highest BCUT2D eigenvalue weighted by Gasteiger charge is 2.33. The van der Waals surface area contributed by atoms with E-state index in [0.29, 0.717) is 0 Å². The molecule has 1 fully saturated rings. The average Bonchev–Trinajstić information content (AvgIpc) is 2.73. The van der Waals surface area contributed by atoms with Crippen molar-refractivity contribution in [1.29, 1.82) is 0 Å². The number of sulfonamides is 1. The Labute approximate surface area is 89.4 Å². The molecule has 0 spiro atoms. The lowest BCUT2D eigenvalue weighted by Crippen LogP contribution is -2.43. The Hall–Kier alpha value is -0.880. The molecular weight excluding hydrogens is 214 g/mol. The summed E-state index contributed by atoms with van der Waals surface area (Å²) >= 11 is 0. The zero-order valence-corrected chi connectivity index (χ0v) is 9.47. The number of H-pyrrole nitrogens is 1. The van der Waals surface area contributed by atoms with Gasteiger partial charge in [0.25, 0.3) is 10.0 Å². The smallest absolute Gasteiger partial charge is 0.258 e. The Morgan fingerprint density at radius 1 is 1.47 bits per heavy atom. The van der Waals surface area contributed by atoms with Crippen LogP contribution in [0.5, 0.6) is 0 Å². The summed E-state index contributed by atoms with van der Waals surface area (Å²) in [6.07, 6.45) is 6.66. The Kier molecular flexibility index (Phi) is 2.56. The van der Waals surface area contributed by atoms with Crippen LogP contribution in [0.2, 0.25) is 0 Å². The second-order valence-corrected chi connectivity index (χ2v) is 5.94. The fourth-order valence-corrected chi connectivity index (χ4v) is 3.40. The molecule has 0 aliphatic heterocycles. The van der Waals surface area contributed by atoms with E-state index in [1.807, 2.05) is 6.92 Å². The molecule has 6 heteroatoms. The molecular formula is C9H15N3O2S. The van der Waals surface area contributed by atoms with Crippen LogP contribution in [0.1, 0.15) is 32.6 Å². The third-order valence-electron chi connectivity index (χ3n) is 2.85. The molecule has 84 valence electrons. The summed E-state index contributed by atoms with van der Waals surface area (Å²) in [5.41, 5.74) is -0.288. The van der Waals surface area contributed by atoms with Gasteiger partial charge in [0.1, 0.15) is 0 Å². The molecule has 1 aromatic rings. The second kappa shape index (κ2) is 3.61. The van der Waals surface area contributed by atoms with E-state index in [1.165, 1.54) is 12.5 Å². The Morgan fingerprint density at radius 3 is 2.67 bits per heavy atom. The van der Waals surface area contributed by atoms with Gasteiger partial charge in [-0.25, -0.2) is 18.1 Å². The lowest BCUT2D eigenvalue weighted by atomic mass is 10.0. The SMILES string of the molecule is CC1(NS(=O)(=O)c2cnc[nH]2)CCCC1. The van der Waals surface area contributed by atoms with Crippen molar-refractivity contribution < 1.29 is 8.42 Å². The minimum atomic E-state index is -3.43. The number of rotatable bonds is 3. The molecule has 1 aliphatic rings. The van der Waals surface area contributed by atoms with Crippen LogP contribution < -0.4 is 4.72 Å². The van der Waals surface area contributed by atoms with Crippen molar-refractivity contribution in [3.63, 3.8) is 0 Å². The average molecular weight is 229 g/mol. The van der Waals surface area contributed by atoms with Crippen LogP contribution >= 0.6 is 0 Å². The van der Waals surface area contributed by atoms with Gasteiger partial charge in [-0.1, -0.05) is 12.8 Å². The van der Waals surface area contributed by atoms with Gasteiger partial charge in [-0.15, -0.1) is 0 Å². The van der Waals surface area contributed by atoms with Crippen LogP contribution in [-0.2, 0) is 10.0 Å². The summed E-state index contributed by atoms with van der Waals surface area (Å²) in [5, 5.41) is 0.135. The van der Waals surface area contributed by atoms with Crippen molar-refractivity contribution in [1.82, 2.24) is 14.7 Å². The van der Waals surface area contributed by atoms with E-state index in [2.05, 4.69) is 14.7 Å². The van der Waals surface area contributed by atoms with E-state index in [1.54, 1.807) is 0 Å². The third-order valence-corrected chi connectivity index (χ3v) is 4.41. The number of nitrogens with zero attached hydrogens (tertiary/aromatic N) is 1. The first kappa shape index (κ1) is 10.6. The van der Waals surface area contributed by atoms with Gasteiger partial charge in [0.05, 0.1) is 12.5 Å². The summed E-state index contributed by atoms with van der Waals surface area (Å²) in [6.45, 7) is 1.95.